The smallest absolute Gasteiger partial charge is 0.243 e. The van der Waals surface area contributed by atoms with Crippen molar-refractivity contribution < 1.29 is 17.9 Å². The van der Waals surface area contributed by atoms with Gasteiger partial charge in [0.1, 0.15) is 5.75 Å². The van der Waals surface area contributed by atoms with Crippen LogP contribution in [0.2, 0.25) is 0 Å². The highest BCUT2D eigenvalue weighted by Gasteiger charge is 2.27. The molecule has 0 heterocycles. The van der Waals surface area contributed by atoms with E-state index in [0.717, 1.165) is 5.56 Å². The van der Waals surface area contributed by atoms with Crippen LogP contribution in [0.5, 0.6) is 5.75 Å². The molecule has 2 aromatic rings. The van der Waals surface area contributed by atoms with Crippen LogP contribution in [0.15, 0.2) is 53.4 Å². The number of hydrogen-bond donors (Lipinski definition) is 0. The van der Waals surface area contributed by atoms with E-state index in [-0.39, 0.29) is 23.9 Å². The van der Waals surface area contributed by atoms with E-state index in [9.17, 15) is 13.2 Å². The number of rotatable bonds is 8. The van der Waals surface area contributed by atoms with Crippen molar-refractivity contribution in [2.75, 3.05) is 31.6 Å². The summed E-state index contributed by atoms with van der Waals surface area (Å²) in [5.74, 6) is 0.355. The zero-order valence-corrected chi connectivity index (χ0v) is 17.0. The average Bonchev–Trinajstić information content (AvgIpc) is 2.67. The van der Waals surface area contributed by atoms with E-state index in [1.54, 1.807) is 45.2 Å². The lowest BCUT2D eigenvalue weighted by molar-refractivity contribution is -0.118. The van der Waals surface area contributed by atoms with Crippen LogP contribution in [0, 0.1) is 6.92 Å². The molecule has 0 atom stereocenters. The highest BCUT2D eigenvalue weighted by atomic mass is 32.2. The number of para-hydroxylation sites is 1. The molecule has 0 aliphatic carbocycles. The Labute approximate surface area is 161 Å². The Kier molecular flexibility index (Phi) is 6.98. The van der Waals surface area contributed by atoms with Crippen LogP contribution in [0.1, 0.15) is 19.4 Å². The second-order valence-corrected chi connectivity index (χ2v) is 8.02. The minimum absolute atomic E-state index is 0.153. The third-order valence-corrected chi connectivity index (χ3v) is 6.18. The number of aryl methyl sites for hydroxylation is 1. The quantitative estimate of drug-likeness (QED) is 0.695. The van der Waals surface area contributed by atoms with Gasteiger partial charge in [-0.15, -0.1) is 0 Å². The maximum atomic E-state index is 13.0. The first kappa shape index (κ1) is 20.9. The summed E-state index contributed by atoms with van der Waals surface area (Å²) in [7, 11) is -2.15. The summed E-state index contributed by atoms with van der Waals surface area (Å²) in [5.41, 5.74) is 1.45. The van der Waals surface area contributed by atoms with E-state index >= 15 is 0 Å². The Hall–Kier alpha value is -2.38. The van der Waals surface area contributed by atoms with Crippen molar-refractivity contribution in [3.05, 3.63) is 54.1 Å². The van der Waals surface area contributed by atoms with Gasteiger partial charge < -0.3 is 9.64 Å². The largest absolute Gasteiger partial charge is 0.494 e. The van der Waals surface area contributed by atoms with Gasteiger partial charge in [0, 0.05) is 19.3 Å². The number of benzene rings is 2. The van der Waals surface area contributed by atoms with E-state index < -0.39 is 10.0 Å². The summed E-state index contributed by atoms with van der Waals surface area (Å²) in [6, 6.07) is 13.9. The van der Waals surface area contributed by atoms with Gasteiger partial charge in [-0.25, -0.2) is 8.42 Å². The highest BCUT2D eigenvalue weighted by molar-refractivity contribution is 7.89. The molecule has 0 aliphatic rings. The molecule has 2 aromatic carbocycles. The normalized spacial score (nSPS) is 11.4. The van der Waals surface area contributed by atoms with E-state index in [2.05, 4.69) is 0 Å². The summed E-state index contributed by atoms with van der Waals surface area (Å²) in [6.07, 6.45) is 0. The third-order valence-electron chi connectivity index (χ3n) is 4.27. The number of ether oxygens (including phenoxy) is 1. The Morgan fingerprint density at radius 1 is 1.07 bits per heavy atom. The fraction of sp³-hybridized carbons (Fsp3) is 0.350. The van der Waals surface area contributed by atoms with E-state index in [4.69, 9.17) is 4.74 Å². The van der Waals surface area contributed by atoms with Crippen LogP contribution < -0.4 is 9.64 Å². The number of amides is 1. The Morgan fingerprint density at radius 3 is 2.30 bits per heavy atom. The molecule has 0 N–H and O–H groups in total. The standard InChI is InChI=1S/C20H26N2O4S/c1-5-22(15-20(23)21(4)17-10-8-7-9-11-17)27(24,25)18-12-13-19(26-6-2)16(3)14-18/h7-14H,5-6,15H2,1-4H3. The second kappa shape index (κ2) is 9.01. The summed E-state index contributed by atoms with van der Waals surface area (Å²) in [6.45, 7) is 5.87. The highest BCUT2D eigenvalue weighted by Crippen LogP contribution is 2.24. The fourth-order valence-electron chi connectivity index (χ4n) is 2.67. The van der Waals surface area contributed by atoms with E-state index in [0.29, 0.717) is 18.0 Å². The molecule has 146 valence electrons. The lowest BCUT2D eigenvalue weighted by Crippen LogP contribution is -2.41. The van der Waals surface area contributed by atoms with Gasteiger partial charge in [0.05, 0.1) is 18.0 Å². The van der Waals surface area contributed by atoms with Gasteiger partial charge in [-0.05, 0) is 49.7 Å². The maximum Gasteiger partial charge on any atom is 0.243 e. The predicted molar refractivity (Wildman–Crippen MR) is 107 cm³/mol. The summed E-state index contributed by atoms with van der Waals surface area (Å²) in [5, 5.41) is 0. The molecule has 0 unspecified atom stereocenters. The first-order chi connectivity index (χ1) is 12.8. The topological polar surface area (TPSA) is 66.9 Å². The van der Waals surface area contributed by atoms with Gasteiger partial charge in [0.2, 0.25) is 15.9 Å². The molecule has 1 amide bonds. The van der Waals surface area contributed by atoms with Gasteiger partial charge >= 0.3 is 0 Å². The van der Waals surface area contributed by atoms with Crippen LogP contribution in [0.3, 0.4) is 0 Å². The molecule has 0 saturated heterocycles. The van der Waals surface area contributed by atoms with Crippen molar-refractivity contribution in [2.45, 2.75) is 25.7 Å². The molecule has 6 nitrogen and oxygen atoms in total. The van der Waals surface area contributed by atoms with Crippen molar-refractivity contribution in [1.29, 1.82) is 0 Å². The lowest BCUT2D eigenvalue weighted by Gasteiger charge is -2.24. The van der Waals surface area contributed by atoms with Crippen LogP contribution in [0.4, 0.5) is 5.69 Å². The number of carbonyl (C=O) groups is 1. The molecule has 7 heteroatoms. The molecule has 0 fully saturated rings. The van der Waals surface area contributed by atoms with Crippen molar-refractivity contribution in [3.8, 4) is 5.75 Å². The third kappa shape index (κ3) is 4.87. The molecule has 0 bridgehead atoms. The van der Waals surface area contributed by atoms with Gasteiger partial charge in [0.15, 0.2) is 0 Å². The van der Waals surface area contributed by atoms with Gasteiger partial charge in [-0.3, -0.25) is 4.79 Å². The van der Waals surface area contributed by atoms with Crippen LogP contribution >= 0.6 is 0 Å². The number of sulfonamides is 1. The van der Waals surface area contributed by atoms with E-state index in [1.807, 2.05) is 25.1 Å². The second-order valence-electron chi connectivity index (χ2n) is 6.08. The minimum atomic E-state index is -3.79. The number of anilines is 1. The Morgan fingerprint density at radius 2 is 1.74 bits per heavy atom. The number of carbonyl (C=O) groups excluding carboxylic acids is 1. The molecule has 0 radical (unpaired) electrons. The molecule has 0 aromatic heterocycles. The minimum Gasteiger partial charge on any atom is -0.494 e. The summed E-state index contributed by atoms with van der Waals surface area (Å²) < 4.78 is 32.6. The molecule has 0 spiro atoms. The zero-order valence-electron chi connectivity index (χ0n) is 16.2. The van der Waals surface area contributed by atoms with Crippen molar-refractivity contribution in [3.63, 3.8) is 0 Å². The first-order valence-electron chi connectivity index (χ1n) is 8.86. The number of hydrogen-bond acceptors (Lipinski definition) is 4. The summed E-state index contributed by atoms with van der Waals surface area (Å²) >= 11 is 0. The molecular formula is C20H26N2O4S. The molecule has 0 saturated carbocycles. The zero-order chi connectivity index (χ0) is 20.0. The first-order valence-corrected chi connectivity index (χ1v) is 10.3. The molecular weight excluding hydrogens is 364 g/mol. The Balaban J connectivity index is 2.22. The van der Waals surface area contributed by atoms with Crippen LogP contribution in [0.25, 0.3) is 0 Å². The number of likely N-dealkylation sites (N-methyl/N-ethyl adjacent to an activating group) is 2. The van der Waals surface area contributed by atoms with Crippen molar-refractivity contribution in [1.82, 2.24) is 4.31 Å². The van der Waals surface area contributed by atoms with Crippen molar-refractivity contribution in [2.24, 2.45) is 0 Å². The average molecular weight is 391 g/mol. The number of nitrogens with zero attached hydrogens (tertiary/aromatic N) is 2. The van der Waals surface area contributed by atoms with E-state index in [1.165, 1.54) is 15.3 Å². The van der Waals surface area contributed by atoms with Crippen LogP contribution in [-0.4, -0.2) is 45.4 Å². The SMILES string of the molecule is CCOc1ccc(S(=O)(=O)N(CC)CC(=O)N(C)c2ccccc2)cc1C. The predicted octanol–water partition coefficient (Wildman–Crippen LogP) is 3.07. The Bertz CT molecular complexity index is 882. The fourth-order valence-corrected chi connectivity index (χ4v) is 4.15. The molecule has 0 aliphatic heterocycles. The van der Waals surface area contributed by atoms with Gasteiger partial charge in [0.25, 0.3) is 0 Å². The lowest BCUT2D eigenvalue weighted by atomic mass is 10.2. The molecule has 2 rings (SSSR count). The monoisotopic (exact) mass is 390 g/mol. The summed E-state index contributed by atoms with van der Waals surface area (Å²) in [4.78, 5) is 14.2. The van der Waals surface area contributed by atoms with Crippen molar-refractivity contribution >= 4 is 21.6 Å². The van der Waals surface area contributed by atoms with Crippen LogP contribution in [-0.2, 0) is 14.8 Å². The van der Waals surface area contributed by atoms with Gasteiger partial charge in [-0.1, -0.05) is 25.1 Å². The maximum absolute atomic E-state index is 13.0. The molecule has 27 heavy (non-hydrogen) atoms. The van der Waals surface area contributed by atoms with Gasteiger partial charge in [-0.2, -0.15) is 4.31 Å².